The van der Waals surface area contributed by atoms with Crippen LogP contribution in [0.1, 0.15) is 29.8 Å². The molecule has 1 N–H and O–H groups in total. The summed E-state index contributed by atoms with van der Waals surface area (Å²) in [4.78, 5) is 17.7. The van der Waals surface area contributed by atoms with Crippen molar-refractivity contribution in [3.05, 3.63) is 58.6 Å². The average Bonchev–Trinajstić information content (AvgIpc) is 2.76. The Morgan fingerprint density at radius 3 is 2.41 bits per heavy atom. The topological polar surface area (TPSA) is 73.0 Å². The summed E-state index contributed by atoms with van der Waals surface area (Å²) in [5.74, 6) is -0.441. The van der Waals surface area contributed by atoms with E-state index < -0.39 is 15.9 Å². The molecule has 0 atom stereocenters. The summed E-state index contributed by atoms with van der Waals surface area (Å²) in [6.07, 6.45) is 0. The molecule has 2 aromatic rings. The normalized spacial score (nSPS) is 15.8. The van der Waals surface area contributed by atoms with E-state index in [2.05, 4.69) is 22.2 Å². The molecule has 0 aliphatic carbocycles. The SMILES string of the molecule is CCN(CC)S(=O)(=O)c1ccc(Cl)c(C(=O)Nc2cccc(CN3CCN(C)CC3)c2)c1. The Labute approximate surface area is 196 Å². The third-order valence-corrected chi connectivity index (χ3v) is 8.09. The van der Waals surface area contributed by atoms with Gasteiger partial charge >= 0.3 is 0 Å². The summed E-state index contributed by atoms with van der Waals surface area (Å²) in [6, 6.07) is 11.9. The lowest BCUT2D eigenvalue weighted by Crippen LogP contribution is -2.43. The van der Waals surface area contributed by atoms with Crippen molar-refractivity contribution >= 4 is 33.2 Å². The van der Waals surface area contributed by atoms with Gasteiger partial charge in [-0.3, -0.25) is 9.69 Å². The first-order valence-electron chi connectivity index (χ1n) is 10.9. The van der Waals surface area contributed by atoms with Gasteiger partial charge in [-0.15, -0.1) is 0 Å². The van der Waals surface area contributed by atoms with E-state index in [1.165, 1.54) is 22.5 Å². The number of carbonyl (C=O) groups is 1. The molecule has 174 valence electrons. The van der Waals surface area contributed by atoms with E-state index in [9.17, 15) is 13.2 Å². The minimum absolute atomic E-state index is 0.0552. The Morgan fingerprint density at radius 2 is 1.75 bits per heavy atom. The molecule has 7 nitrogen and oxygen atoms in total. The van der Waals surface area contributed by atoms with Crippen molar-refractivity contribution in [1.82, 2.24) is 14.1 Å². The van der Waals surface area contributed by atoms with Gasteiger partial charge in [0.15, 0.2) is 0 Å². The smallest absolute Gasteiger partial charge is 0.257 e. The van der Waals surface area contributed by atoms with Gasteiger partial charge in [0.05, 0.1) is 15.5 Å². The number of hydrogen-bond acceptors (Lipinski definition) is 5. The standard InChI is InChI=1S/C23H31ClN4O3S/c1-4-28(5-2)32(30,31)20-9-10-22(24)21(16-20)23(29)25-19-8-6-7-18(15-19)17-27-13-11-26(3)12-14-27/h6-10,15-16H,4-5,11-14,17H2,1-3H3,(H,25,29). The summed E-state index contributed by atoms with van der Waals surface area (Å²) in [6.45, 7) is 9.18. The summed E-state index contributed by atoms with van der Waals surface area (Å²) < 4.78 is 27.0. The Hall–Kier alpha value is -1.97. The molecule has 0 radical (unpaired) electrons. The number of sulfonamides is 1. The molecule has 0 saturated carbocycles. The lowest BCUT2D eigenvalue weighted by atomic mass is 10.1. The zero-order valence-electron chi connectivity index (χ0n) is 18.8. The van der Waals surface area contributed by atoms with Crippen LogP contribution in [0.2, 0.25) is 5.02 Å². The maximum Gasteiger partial charge on any atom is 0.257 e. The molecule has 32 heavy (non-hydrogen) atoms. The van der Waals surface area contributed by atoms with E-state index in [1.807, 2.05) is 24.3 Å². The van der Waals surface area contributed by atoms with E-state index in [0.717, 1.165) is 38.3 Å². The molecule has 1 saturated heterocycles. The maximum atomic E-state index is 12.9. The number of nitrogens with zero attached hydrogens (tertiary/aromatic N) is 3. The molecule has 3 rings (SSSR count). The molecule has 1 fully saturated rings. The van der Waals surface area contributed by atoms with Gasteiger partial charge in [-0.05, 0) is 42.9 Å². The third-order valence-electron chi connectivity index (χ3n) is 5.71. The van der Waals surface area contributed by atoms with Crippen LogP contribution in [-0.2, 0) is 16.6 Å². The molecule has 1 heterocycles. The fourth-order valence-electron chi connectivity index (χ4n) is 3.76. The number of rotatable bonds is 8. The van der Waals surface area contributed by atoms with Crippen LogP contribution in [0, 0.1) is 0 Å². The second kappa shape index (κ2) is 10.8. The van der Waals surface area contributed by atoms with E-state index in [0.29, 0.717) is 18.8 Å². The second-order valence-corrected chi connectivity index (χ2v) is 10.3. The molecule has 2 aromatic carbocycles. The number of nitrogens with one attached hydrogen (secondary N) is 1. The Kier molecular flexibility index (Phi) is 8.30. The quantitative estimate of drug-likeness (QED) is 0.629. The van der Waals surface area contributed by atoms with Gasteiger partial charge in [0.1, 0.15) is 0 Å². The molecule has 1 amide bonds. The number of piperazine rings is 1. The molecule has 1 aliphatic heterocycles. The Balaban J connectivity index is 1.76. The van der Waals surface area contributed by atoms with Crippen molar-refractivity contribution in [2.75, 3.05) is 51.6 Å². The van der Waals surface area contributed by atoms with Crippen molar-refractivity contribution in [2.24, 2.45) is 0 Å². The first-order valence-corrected chi connectivity index (χ1v) is 12.7. The summed E-state index contributed by atoms with van der Waals surface area (Å²) in [7, 11) is -1.56. The monoisotopic (exact) mass is 478 g/mol. The first-order chi connectivity index (χ1) is 15.2. The van der Waals surface area contributed by atoms with Crippen LogP contribution in [0.3, 0.4) is 0 Å². The molecule has 0 aromatic heterocycles. The highest BCUT2D eigenvalue weighted by atomic mass is 35.5. The minimum Gasteiger partial charge on any atom is -0.322 e. The van der Waals surface area contributed by atoms with Crippen LogP contribution in [-0.4, -0.2) is 74.7 Å². The number of anilines is 1. The van der Waals surface area contributed by atoms with Gasteiger partial charge in [-0.1, -0.05) is 37.6 Å². The molecule has 0 unspecified atom stereocenters. The van der Waals surface area contributed by atoms with E-state index >= 15 is 0 Å². The van der Waals surface area contributed by atoms with Gasteiger partial charge < -0.3 is 10.2 Å². The highest BCUT2D eigenvalue weighted by Crippen LogP contribution is 2.24. The average molecular weight is 479 g/mol. The highest BCUT2D eigenvalue weighted by molar-refractivity contribution is 7.89. The molecular formula is C23H31ClN4O3S. The first kappa shape index (κ1) is 24.7. The minimum atomic E-state index is -3.69. The van der Waals surface area contributed by atoms with E-state index in [4.69, 9.17) is 11.6 Å². The van der Waals surface area contributed by atoms with Gasteiger partial charge in [0.2, 0.25) is 10.0 Å². The van der Waals surface area contributed by atoms with Crippen LogP contribution in [0.4, 0.5) is 5.69 Å². The molecule has 9 heteroatoms. The number of carbonyl (C=O) groups excluding carboxylic acids is 1. The van der Waals surface area contributed by atoms with Crippen molar-refractivity contribution in [3.63, 3.8) is 0 Å². The van der Waals surface area contributed by atoms with Crippen LogP contribution < -0.4 is 5.32 Å². The van der Waals surface area contributed by atoms with Gasteiger partial charge in [0, 0.05) is 51.5 Å². The number of benzene rings is 2. The van der Waals surface area contributed by atoms with Gasteiger partial charge in [0.25, 0.3) is 5.91 Å². The molecular weight excluding hydrogens is 448 g/mol. The fraction of sp³-hybridized carbons (Fsp3) is 0.435. The van der Waals surface area contributed by atoms with Gasteiger partial charge in [-0.25, -0.2) is 8.42 Å². The van der Waals surface area contributed by atoms with E-state index in [-0.39, 0.29) is 15.5 Å². The summed E-state index contributed by atoms with van der Waals surface area (Å²) in [5.41, 5.74) is 1.88. The fourth-order valence-corrected chi connectivity index (χ4v) is 5.45. The molecule has 0 spiro atoms. The summed E-state index contributed by atoms with van der Waals surface area (Å²) >= 11 is 6.25. The molecule has 1 aliphatic rings. The number of halogens is 1. The maximum absolute atomic E-state index is 12.9. The molecule has 0 bridgehead atoms. The van der Waals surface area contributed by atoms with Crippen molar-refractivity contribution in [3.8, 4) is 0 Å². The number of amides is 1. The van der Waals surface area contributed by atoms with E-state index in [1.54, 1.807) is 13.8 Å². The zero-order valence-corrected chi connectivity index (χ0v) is 20.4. The zero-order chi connectivity index (χ0) is 23.3. The number of hydrogen-bond donors (Lipinski definition) is 1. The van der Waals surface area contributed by atoms with Crippen LogP contribution in [0.25, 0.3) is 0 Å². The Bertz CT molecular complexity index is 1050. The van der Waals surface area contributed by atoms with Crippen molar-refractivity contribution in [1.29, 1.82) is 0 Å². The largest absolute Gasteiger partial charge is 0.322 e. The highest BCUT2D eigenvalue weighted by Gasteiger charge is 2.24. The lowest BCUT2D eigenvalue weighted by Gasteiger charge is -2.32. The Morgan fingerprint density at radius 1 is 1.06 bits per heavy atom. The van der Waals surface area contributed by atoms with Crippen molar-refractivity contribution < 1.29 is 13.2 Å². The summed E-state index contributed by atoms with van der Waals surface area (Å²) in [5, 5.41) is 3.06. The predicted molar refractivity (Wildman–Crippen MR) is 129 cm³/mol. The van der Waals surface area contributed by atoms with Crippen LogP contribution in [0.5, 0.6) is 0 Å². The number of likely N-dealkylation sites (N-methyl/N-ethyl adjacent to an activating group) is 1. The van der Waals surface area contributed by atoms with Crippen LogP contribution >= 0.6 is 11.6 Å². The van der Waals surface area contributed by atoms with Gasteiger partial charge in [-0.2, -0.15) is 4.31 Å². The predicted octanol–water partition coefficient (Wildman–Crippen LogP) is 3.37. The lowest BCUT2D eigenvalue weighted by molar-refractivity contribution is 0.102. The van der Waals surface area contributed by atoms with Crippen LogP contribution in [0.15, 0.2) is 47.4 Å². The second-order valence-electron chi connectivity index (χ2n) is 7.96. The van der Waals surface area contributed by atoms with Crippen molar-refractivity contribution in [2.45, 2.75) is 25.3 Å². The third kappa shape index (κ3) is 5.88.